The van der Waals surface area contributed by atoms with Crippen molar-refractivity contribution in [3.63, 3.8) is 0 Å². The Morgan fingerprint density at radius 1 is 1.04 bits per heavy atom. The van der Waals surface area contributed by atoms with Crippen LogP contribution >= 0.6 is 0 Å². The first-order valence-electron chi connectivity index (χ1n) is 10.6. The average Bonchev–Trinajstić information content (AvgIpc) is 3.12. The standard InChI is InChI=1S/C20H33N5O/c21-15-20(10-4-1-5-11-20)14-18(26)24-12-6-2-8-16(24)19-23-22-17-9-3-7-13-25(17)19/h16H,1-15,21H2. The van der Waals surface area contributed by atoms with E-state index in [-0.39, 0.29) is 17.4 Å². The van der Waals surface area contributed by atoms with Gasteiger partial charge in [0.1, 0.15) is 5.82 Å². The number of fused-ring (bicyclic) bond motifs is 1. The number of amides is 1. The van der Waals surface area contributed by atoms with E-state index in [1.165, 1.54) is 38.5 Å². The SMILES string of the molecule is NCC1(CC(=O)N2CCCCC2c2nnc3n2CCCC3)CCCCC1. The monoisotopic (exact) mass is 359 g/mol. The summed E-state index contributed by atoms with van der Waals surface area (Å²) in [5.74, 6) is 2.42. The summed E-state index contributed by atoms with van der Waals surface area (Å²) in [6.07, 6.45) is 13.2. The van der Waals surface area contributed by atoms with Gasteiger partial charge in [0, 0.05) is 25.9 Å². The zero-order valence-electron chi connectivity index (χ0n) is 16.0. The highest BCUT2D eigenvalue weighted by atomic mass is 16.2. The van der Waals surface area contributed by atoms with E-state index in [2.05, 4.69) is 19.7 Å². The van der Waals surface area contributed by atoms with Crippen LogP contribution in [0.3, 0.4) is 0 Å². The van der Waals surface area contributed by atoms with E-state index in [0.29, 0.717) is 13.0 Å². The van der Waals surface area contributed by atoms with Crippen LogP contribution in [0.2, 0.25) is 0 Å². The summed E-state index contributed by atoms with van der Waals surface area (Å²) in [5.41, 5.74) is 6.17. The Morgan fingerprint density at radius 3 is 2.65 bits per heavy atom. The molecule has 1 unspecified atom stereocenters. The summed E-state index contributed by atoms with van der Waals surface area (Å²) in [6, 6.07) is 0.106. The Labute approximate surface area is 156 Å². The van der Waals surface area contributed by atoms with Gasteiger partial charge in [-0.25, -0.2) is 0 Å². The van der Waals surface area contributed by atoms with Gasteiger partial charge in [0.15, 0.2) is 5.82 Å². The topological polar surface area (TPSA) is 77.0 Å². The first kappa shape index (κ1) is 18.0. The molecule has 4 rings (SSSR count). The van der Waals surface area contributed by atoms with Crippen molar-refractivity contribution < 1.29 is 4.79 Å². The lowest BCUT2D eigenvalue weighted by atomic mass is 9.71. The van der Waals surface area contributed by atoms with Crippen molar-refractivity contribution >= 4 is 5.91 Å². The number of nitrogens with zero attached hydrogens (tertiary/aromatic N) is 4. The third-order valence-corrected chi connectivity index (χ3v) is 6.88. The summed E-state index contributed by atoms with van der Waals surface area (Å²) < 4.78 is 2.29. The molecule has 1 saturated carbocycles. The Bertz CT molecular complexity index is 634. The van der Waals surface area contributed by atoms with Crippen LogP contribution in [-0.4, -0.2) is 38.7 Å². The molecule has 0 aromatic carbocycles. The van der Waals surface area contributed by atoms with Crippen molar-refractivity contribution in [1.29, 1.82) is 0 Å². The number of piperidine rings is 1. The largest absolute Gasteiger partial charge is 0.332 e. The third-order valence-electron chi connectivity index (χ3n) is 6.88. The van der Waals surface area contributed by atoms with Crippen LogP contribution in [-0.2, 0) is 17.8 Å². The van der Waals surface area contributed by atoms with Crippen LogP contribution in [0.25, 0.3) is 0 Å². The fraction of sp³-hybridized carbons (Fsp3) is 0.850. The molecule has 0 spiro atoms. The van der Waals surface area contributed by atoms with Crippen LogP contribution in [0.4, 0.5) is 0 Å². The lowest BCUT2D eigenvalue weighted by molar-refractivity contribution is -0.138. The number of aromatic nitrogens is 3. The van der Waals surface area contributed by atoms with Gasteiger partial charge in [0.2, 0.25) is 5.91 Å². The highest BCUT2D eigenvalue weighted by Crippen LogP contribution is 2.40. The molecule has 0 radical (unpaired) electrons. The number of rotatable bonds is 4. The van der Waals surface area contributed by atoms with Gasteiger partial charge in [-0.15, -0.1) is 10.2 Å². The maximum Gasteiger partial charge on any atom is 0.223 e. The lowest BCUT2D eigenvalue weighted by Gasteiger charge is -2.40. The molecule has 1 aromatic rings. The molecule has 2 aliphatic heterocycles. The number of hydrogen-bond donors (Lipinski definition) is 1. The molecule has 2 N–H and O–H groups in total. The summed E-state index contributed by atoms with van der Waals surface area (Å²) in [5, 5.41) is 8.96. The number of hydrogen-bond acceptors (Lipinski definition) is 4. The van der Waals surface area contributed by atoms with Gasteiger partial charge < -0.3 is 15.2 Å². The Morgan fingerprint density at radius 2 is 1.85 bits per heavy atom. The zero-order valence-corrected chi connectivity index (χ0v) is 16.0. The summed E-state index contributed by atoms with van der Waals surface area (Å²) in [6.45, 7) is 2.49. The maximum absolute atomic E-state index is 13.3. The molecule has 1 amide bonds. The van der Waals surface area contributed by atoms with Crippen molar-refractivity contribution in [3.05, 3.63) is 11.6 Å². The van der Waals surface area contributed by atoms with Crippen molar-refractivity contribution in [2.24, 2.45) is 11.1 Å². The van der Waals surface area contributed by atoms with Crippen LogP contribution in [0.1, 0.15) is 88.3 Å². The van der Waals surface area contributed by atoms with Gasteiger partial charge in [-0.1, -0.05) is 19.3 Å². The Kier molecular flexibility index (Phi) is 5.30. The van der Waals surface area contributed by atoms with Gasteiger partial charge in [-0.2, -0.15) is 0 Å². The van der Waals surface area contributed by atoms with Gasteiger partial charge in [0.05, 0.1) is 6.04 Å². The molecule has 26 heavy (non-hydrogen) atoms. The van der Waals surface area contributed by atoms with E-state index >= 15 is 0 Å². The molecular weight excluding hydrogens is 326 g/mol. The molecule has 1 saturated heterocycles. The third kappa shape index (κ3) is 3.40. The highest BCUT2D eigenvalue weighted by Gasteiger charge is 2.38. The number of carbonyl (C=O) groups is 1. The van der Waals surface area contributed by atoms with Gasteiger partial charge in [0.25, 0.3) is 0 Å². The van der Waals surface area contributed by atoms with E-state index in [1.54, 1.807) is 0 Å². The average molecular weight is 360 g/mol. The molecule has 1 atom stereocenters. The minimum Gasteiger partial charge on any atom is -0.332 e. The zero-order chi connectivity index (χ0) is 18.0. The van der Waals surface area contributed by atoms with E-state index in [0.717, 1.165) is 56.8 Å². The quantitative estimate of drug-likeness (QED) is 0.896. The normalized spacial score (nSPS) is 25.7. The highest BCUT2D eigenvalue weighted by molar-refractivity contribution is 5.77. The van der Waals surface area contributed by atoms with Crippen molar-refractivity contribution in [1.82, 2.24) is 19.7 Å². The van der Waals surface area contributed by atoms with Crippen molar-refractivity contribution in [2.75, 3.05) is 13.1 Å². The molecule has 0 bridgehead atoms. The van der Waals surface area contributed by atoms with Crippen LogP contribution in [0.15, 0.2) is 0 Å². The first-order valence-corrected chi connectivity index (χ1v) is 10.6. The minimum atomic E-state index is 0.0294. The summed E-state index contributed by atoms with van der Waals surface area (Å²) >= 11 is 0. The molecule has 6 nitrogen and oxygen atoms in total. The second-order valence-electron chi connectivity index (χ2n) is 8.62. The van der Waals surface area contributed by atoms with E-state index in [4.69, 9.17) is 5.73 Å². The predicted molar refractivity (Wildman–Crippen MR) is 100 cm³/mol. The molecule has 144 valence electrons. The van der Waals surface area contributed by atoms with Crippen molar-refractivity contribution in [2.45, 2.75) is 89.6 Å². The van der Waals surface area contributed by atoms with E-state index < -0.39 is 0 Å². The predicted octanol–water partition coefficient (Wildman–Crippen LogP) is 2.97. The fourth-order valence-electron chi connectivity index (χ4n) is 5.25. The van der Waals surface area contributed by atoms with E-state index in [1.807, 2.05) is 0 Å². The Balaban J connectivity index is 1.53. The molecular formula is C20H33N5O. The maximum atomic E-state index is 13.3. The molecule has 1 aromatic heterocycles. The van der Waals surface area contributed by atoms with Gasteiger partial charge in [-0.3, -0.25) is 4.79 Å². The lowest BCUT2D eigenvalue weighted by Crippen LogP contribution is -2.44. The summed E-state index contributed by atoms with van der Waals surface area (Å²) in [7, 11) is 0. The first-order chi connectivity index (χ1) is 12.7. The molecule has 1 aliphatic carbocycles. The minimum absolute atomic E-state index is 0.0294. The second-order valence-corrected chi connectivity index (χ2v) is 8.62. The molecule has 3 heterocycles. The smallest absolute Gasteiger partial charge is 0.223 e. The van der Waals surface area contributed by atoms with Crippen LogP contribution < -0.4 is 5.73 Å². The van der Waals surface area contributed by atoms with Crippen LogP contribution in [0, 0.1) is 5.41 Å². The van der Waals surface area contributed by atoms with E-state index in [9.17, 15) is 4.79 Å². The van der Waals surface area contributed by atoms with Gasteiger partial charge >= 0.3 is 0 Å². The molecule has 2 fully saturated rings. The molecule has 6 heteroatoms. The number of likely N-dealkylation sites (tertiary alicyclic amines) is 1. The number of carbonyl (C=O) groups excluding carboxylic acids is 1. The van der Waals surface area contributed by atoms with Crippen molar-refractivity contribution in [3.8, 4) is 0 Å². The van der Waals surface area contributed by atoms with Gasteiger partial charge in [-0.05, 0) is 56.9 Å². The number of aryl methyl sites for hydroxylation is 1. The number of nitrogens with two attached hydrogens (primary N) is 1. The summed E-state index contributed by atoms with van der Waals surface area (Å²) in [4.78, 5) is 15.4. The van der Waals surface area contributed by atoms with Crippen LogP contribution in [0.5, 0.6) is 0 Å². The molecule has 3 aliphatic rings. The fourth-order valence-corrected chi connectivity index (χ4v) is 5.25. The Hall–Kier alpha value is -1.43. The second kappa shape index (κ2) is 7.67.